The third kappa shape index (κ3) is 3.85. The molecule has 1 aromatic carbocycles. The molecule has 6 heteroatoms. The average molecular weight is 322 g/mol. The van der Waals surface area contributed by atoms with Gasteiger partial charge in [0.2, 0.25) is 0 Å². The van der Waals surface area contributed by atoms with Crippen molar-refractivity contribution in [3.63, 3.8) is 0 Å². The Hall–Kier alpha value is -2.99. The third-order valence-electron chi connectivity index (χ3n) is 3.63. The molecule has 2 N–H and O–H groups in total. The highest BCUT2D eigenvalue weighted by atomic mass is 16.3. The maximum atomic E-state index is 12.2. The molecule has 3 rings (SSSR count). The Bertz CT molecular complexity index is 788. The molecular formula is C18H18N4O2. The van der Waals surface area contributed by atoms with Gasteiger partial charge < -0.3 is 10.4 Å². The lowest BCUT2D eigenvalue weighted by Gasteiger charge is -2.11. The molecule has 3 aromatic rings. The van der Waals surface area contributed by atoms with E-state index >= 15 is 0 Å². The first-order valence-corrected chi connectivity index (χ1v) is 7.71. The fourth-order valence-corrected chi connectivity index (χ4v) is 2.36. The van der Waals surface area contributed by atoms with E-state index in [-0.39, 0.29) is 5.91 Å². The van der Waals surface area contributed by atoms with Crippen molar-refractivity contribution < 1.29 is 9.90 Å². The van der Waals surface area contributed by atoms with Crippen molar-refractivity contribution in [3.05, 3.63) is 78.4 Å². The van der Waals surface area contributed by atoms with Gasteiger partial charge in [-0.15, -0.1) is 0 Å². The number of rotatable bonds is 6. The molecule has 0 bridgehead atoms. The van der Waals surface area contributed by atoms with Crippen LogP contribution < -0.4 is 5.32 Å². The molecule has 1 unspecified atom stereocenters. The Morgan fingerprint density at radius 2 is 2.00 bits per heavy atom. The van der Waals surface area contributed by atoms with Crippen LogP contribution in [-0.4, -0.2) is 32.3 Å². The summed E-state index contributed by atoms with van der Waals surface area (Å²) in [5, 5.41) is 17.0. The minimum absolute atomic E-state index is 0.274. The molecule has 0 aliphatic carbocycles. The van der Waals surface area contributed by atoms with E-state index in [1.807, 2.05) is 36.4 Å². The topological polar surface area (TPSA) is 80.0 Å². The number of aliphatic hydroxyl groups is 1. The highest BCUT2D eigenvalue weighted by Gasteiger charge is 2.11. The summed E-state index contributed by atoms with van der Waals surface area (Å²) in [7, 11) is 0. The van der Waals surface area contributed by atoms with Crippen LogP contribution in [0, 0.1) is 0 Å². The molecule has 0 aliphatic rings. The molecule has 0 aliphatic heterocycles. The molecule has 24 heavy (non-hydrogen) atoms. The van der Waals surface area contributed by atoms with Crippen LogP contribution in [0.25, 0.3) is 5.69 Å². The monoisotopic (exact) mass is 322 g/mol. The number of amides is 1. The summed E-state index contributed by atoms with van der Waals surface area (Å²) >= 11 is 0. The quantitative estimate of drug-likeness (QED) is 0.728. The number of hydrogen-bond acceptors (Lipinski definition) is 4. The fourth-order valence-electron chi connectivity index (χ4n) is 2.36. The van der Waals surface area contributed by atoms with Gasteiger partial charge in [-0.2, -0.15) is 5.10 Å². The van der Waals surface area contributed by atoms with Gasteiger partial charge in [-0.25, -0.2) is 4.68 Å². The second-order valence-electron chi connectivity index (χ2n) is 5.32. The third-order valence-corrected chi connectivity index (χ3v) is 3.63. The zero-order valence-electron chi connectivity index (χ0n) is 13.0. The number of aliphatic hydroxyl groups excluding tert-OH is 1. The van der Waals surface area contributed by atoms with E-state index in [4.69, 9.17) is 0 Å². The van der Waals surface area contributed by atoms with Gasteiger partial charge in [-0.3, -0.25) is 9.78 Å². The summed E-state index contributed by atoms with van der Waals surface area (Å²) in [5.41, 5.74) is 1.92. The molecule has 2 aromatic heterocycles. The second-order valence-corrected chi connectivity index (χ2v) is 5.32. The minimum atomic E-state index is -0.602. The minimum Gasteiger partial charge on any atom is -0.388 e. The Morgan fingerprint density at radius 3 is 2.75 bits per heavy atom. The normalized spacial score (nSPS) is 11.9. The maximum Gasteiger partial charge on any atom is 0.269 e. The summed E-state index contributed by atoms with van der Waals surface area (Å²) < 4.78 is 1.66. The molecule has 0 saturated heterocycles. The Morgan fingerprint density at radius 1 is 1.17 bits per heavy atom. The highest BCUT2D eigenvalue weighted by molar-refractivity contribution is 5.92. The van der Waals surface area contributed by atoms with Crippen molar-refractivity contribution >= 4 is 5.91 Å². The molecule has 0 spiro atoms. The first-order chi connectivity index (χ1) is 11.7. The first-order valence-electron chi connectivity index (χ1n) is 7.71. The lowest BCUT2D eigenvalue weighted by atomic mass is 10.1. The summed E-state index contributed by atoms with van der Waals surface area (Å²) in [6.45, 7) is 0.364. The van der Waals surface area contributed by atoms with Crippen molar-refractivity contribution in [2.45, 2.75) is 12.5 Å². The van der Waals surface area contributed by atoms with Crippen LogP contribution in [0.1, 0.15) is 28.6 Å². The number of pyridine rings is 1. The molecule has 0 fully saturated rings. The largest absolute Gasteiger partial charge is 0.388 e. The molecule has 2 heterocycles. The van der Waals surface area contributed by atoms with Gasteiger partial charge in [0.15, 0.2) is 0 Å². The van der Waals surface area contributed by atoms with Gasteiger partial charge >= 0.3 is 0 Å². The van der Waals surface area contributed by atoms with Crippen LogP contribution in [0.15, 0.2) is 67.1 Å². The van der Waals surface area contributed by atoms with E-state index in [0.29, 0.717) is 18.7 Å². The zero-order chi connectivity index (χ0) is 16.8. The molecule has 1 atom stereocenters. The van der Waals surface area contributed by atoms with Gasteiger partial charge in [-0.05, 0) is 30.2 Å². The predicted molar refractivity (Wildman–Crippen MR) is 89.7 cm³/mol. The van der Waals surface area contributed by atoms with E-state index in [9.17, 15) is 9.90 Å². The Kier molecular flexibility index (Phi) is 4.98. The Balaban J connectivity index is 1.57. The smallest absolute Gasteiger partial charge is 0.269 e. The van der Waals surface area contributed by atoms with E-state index in [1.54, 1.807) is 35.4 Å². The van der Waals surface area contributed by atoms with E-state index in [0.717, 1.165) is 11.3 Å². The number of nitrogens with zero attached hydrogens (tertiary/aromatic N) is 3. The fraction of sp³-hybridized carbons (Fsp3) is 0.167. The van der Waals surface area contributed by atoms with E-state index in [2.05, 4.69) is 15.4 Å². The van der Waals surface area contributed by atoms with Gasteiger partial charge in [0, 0.05) is 25.1 Å². The molecule has 1 amide bonds. The Labute approximate surface area is 139 Å². The molecular weight excluding hydrogens is 304 g/mol. The van der Waals surface area contributed by atoms with Crippen LogP contribution in [0.5, 0.6) is 0 Å². The lowest BCUT2D eigenvalue weighted by Crippen LogP contribution is -2.26. The highest BCUT2D eigenvalue weighted by Crippen LogP contribution is 2.15. The standard InChI is InChI=1S/C18H18N4O2/c23-17(14-5-2-1-3-6-14)8-11-20-18(24)16-13-15(7-10-19-16)22-12-4-9-21-22/h1-7,9-10,12-13,17,23H,8,11H2,(H,20,24). The second kappa shape index (κ2) is 7.52. The first kappa shape index (κ1) is 15.9. The van der Waals surface area contributed by atoms with Gasteiger partial charge in [-0.1, -0.05) is 30.3 Å². The number of hydrogen-bond donors (Lipinski definition) is 2. The summed E-state index contributed by atoms with van der Waals surface area (Å²) in [5.74, 6) is -0.274. The van der Waals surface area contributed by atoms with Crippen LogP contribution in [0.3, 0.4) is 0 Å². The summed E-state index contributed by atoms with van der Waals surface area (Å²) in [4.78, 5) is 16.3. The molecule has 6 nitrogen and oxygen atoms in total. The van der Waals surface area contributed by atoms with Gasteiger partial charge in [0.1, 0.15) is 5.69 Å². The van der Waals surface area contributed by atoms with Crippen LogP contribution in [-0.2, 0) is 0 Å². The van der Waals surface area contributed by atoms with Crippen molar-refractivity contribution in [2.75, 3.05) is 6.54 Å². The number of aromatic nitrogens is 3. The lowest BCUT2D eigenvalue weighted by molar-refractivity contribution is 0.0937. The van der Waals surface area contributed by atoms with Crippen LogP contribution >= 0.6 is 0 Å². The van der Waals surface area contributed by atoms with Crippen molar-refractivity contribution in [2.24, 2.45) is 0 Å². The average Bonchev–Trinajstić information content (AvgIpc) is 3.17. The molecule has 122 valence electrons. The maximum absolute atomic E-state index is 12.2. The van der Waals surface area contributed by atoms with Crippen LogP contribution in [0.4, 0.5) is 0 Å². The van der Waals surface area contributed by atoms with E-state index in [1.165, 1.54) is 0 Å². The number of benzene rings is 1. The number of carbonyl (C=O) groups is 1. The van der Waals surface area contributed by atoms with Gasteiger partial charge in [0.05, 0.1) is 11.8 Å². The molecule has 0 radical (unpaired) electrons. The van der Waals surface area contributed by atoms with E-state index < -0.39 is 6.10 Å². The summed E-state index contributed by atoms with van der Waals surface area (Å²) in [6.07, 6.45) is 4.88. The number of carbonyl (C=O) groups excluding carboxylic acids is 1. The zero-order valence-corrected chi connectivity index (χ0v) is 13.0. The predicted octanol–water partition coefficient (Wildman–Crippen LogP) is 2.12. The summed E-state index contributed by atoms with van der Waals surface area (Å²) in [6, 6.07) is 14.6. The number of nitrogens with one attached hydrogen (secondary N) is 1. The SMILES string of the molecule is O=C(NCCC(O)c1ccccc1)c1cc(-n2cccn2)ccn1. The van der Waals surface area contributed by atoms with Crippen LogP contribution in [0.2, 0.25) is 0 Å². The van der Waals surface area contributed by atoms with Crippen molar-refractivity contribution in [3.8, 4) is 5.69 Å². The molecule has 0 saturated carbocycles. The van der Waals surface area contributed by atoms with Gasteiger partial charge in [0.25, 0.3) is 5.91 Å². The van der Waals surface area contributed by atoms with Crippen molar-refractivity contribution in [1.29, 1.82) is 0 Å². The van der Waals surface area contributed by atoms with Crippen molar-refractivity contribution in [1.82, 2.24) is 20.1 Å².